The van der Waals surface area contributed by atoms with Gasteiger partial charge in [0.25, 0.3) is 0 Å². The Morgan fingerprint density at radius 2 is 0.769 bits per heavy atom. The van der Waals surface area contributed by atoms with Crippen molar-refractivity contribution in [1.82, 2.24) is 0 Å². The van der Waals surface area contributed by atoms with Gasteiger partial charge in [0, 0.05) is 0 Å². The summed E-state index contributed by atoms with van der Waals surface area (Å²) in [7, 11) is 0. The number of rotatable bonds is 6. The van der Waals surface area contributed by atoms with E-state index in [1.54, 1.807) is 24.3 Å². The molecular formula is C30H46N2O5Sn2-2. The zero-order valence-electron chi connectivity index (χ0n) is 24.1. The first-order valence-corrected chi connectivity index (χ1v) is 12.3. The fraction of sp³-hybridized carbons (Fsp3) is 0.400. The molecule has 2 aromatic carbocycles. The van der Waals surface area contributed by atoms with Crippen LogP contribution in [0.25, 0.3) is 11.5 Å². The van der Waals surface area contributed by atoms with Gasteiger partial charge in [-0.1, -0.05) is 102 Å². The molecule has 0 aromatic heterocycles. The van der Waals surface area contributed by atoms with E-state index in [9.17, 15) is 19.8 Å². The summed E-state index contributed by atoms with van der Waals surface area (Å²) in [4.78, 5) is 20.4. The molecule has 0 atom stereocenters. The summed E-state index contributed by atoms with van der Waals surface area (Å²) in [6.07, 6.45) is 9.11. The first kappa shape index (κ1) is 53.7. The quantitative estimate of drug-likeness (QED) is 0.229. The minimum atomic E-state index is -1.30. The van der Waals surface area contributed by atoms with Crippen LogP contribution in [0.4, 0.5) is 11.4 Å². The number of carbonyl (C=O) groups is 2. The Bertz CT molecular complexity index is 684. The van der Waals surface area contributed by atoms with E-state index in [1.807, 2.05) is 0 Å². The second kappa shape index (κ2) is 43.6. The molecule has 0 radical (unpaired) electrons. The molecule has 2 N–H and O–H groups in total. The molecular weight excluding hydrogens is 706 g/mol. The van der Waals surface area contributed by atoms with Crippen LogP contribution in [0.2, 0.25) is 0 Å². The van der Waals surface area contributed by atoms with Crippen LogP contribution < -0.4 is 10.2 Å². The van der Waals surface area contributed by atoms with Gasteiger partial charge in [-0.25, -0.2) is 0 Å². The molecule has 0 fully saturated rings. The molecule has 0 aliphatic carbocycles. The van der Waals surface area contributed by atoms with Gasteiger partial charge in [0.1, 0.15) is 0 Å². The first-order valence-electron chi connectivity index (χ1n) is 12.3. The van der Waals surface area contributed by atoms with Crippen molar-refractivity contribution in [3.63, 3.8) is 0 Å². The molecule has 2 aromatic rings. The Morgan fingerprint density at radius 1 is 0.590 bits per heavy atom. The third kappa shape index (κ3) is 41.2. The Balaban J connectivity index is -0.0000000661. The minimum Gasteiger partial charge on any atom is -2.00 e. The number of aromatic carboxylic acids is 2. The maximum absolute atomic E-state index is 10.2. The predicted octanol–water partition coefficient (Wildman–Crippen LogP) is 7.07. The smallest absolute Gasteiger partial charge is 2.00 e. The van der Waals surface area contributed by atoms with Gasteiger partial charge in [0.15, 0.2) is 0 Å². The number of nitrogens with one attached hydrogen (secondary N) is 2. The SMILES string of the molecule is [CH2-]CCC.[CH2-]CCC.[CH2-]CCC.[CH2-]CCC.[NH-]c1ccccc1C(=O)[O-].[NH-]c1ccccc1C(=O)[O-].[O-2].[Sn+4].[Sn+4]. The Morgan fingerprint density at radius 3 is 0.872 bits per heavy atom. The monoisotopic (exact) mass is 754 g/mol. The second-order valence-electron chi connectivity index (χ2n) is 7.08. The van der Waals surface area contributed by atoms with E-state index in [2.05, 4.69) is 55.4 Å². The molecule has 7 nitrogen and oxygen atoms in total. The van der Waals surface area contributed by atoms with Crippen LogP contribution in [0.3, 0.4) is 0 Å². The van der Waals surface area contributed by atoms with Gasteiger partial charge >= 0.3 is 47.8 Å². The normalized spacial score (nSPS) is 7.79. The number of hydrogen-bond donors (Lipinski definition) is 0. The van der Waals surface area contributed by atoms with Crippen LogP contribution >= 0.6 is 0 Å². The van der Waals surface area contributed by atoms with Crippen molar-refractivity contribution in [3.8, 4) is 0 Å². The number of carboxylic acid groups (broad SMARTS) is 2. The summed E-state index contributed by atoms with van der Waals surface area (Å²) in [5, 5.41) is 20.4. The van der Waals surface area contributed by atoms with E-state index in [0.29, 0.717) is 0 Å². The summed E-state index contributed by atoms with van der Waals surface area (Å²) in [5.74, 6) is -2.60. The average Bonchev–Trinajstić information content (AvgIpc) is 2.89. The van der Waals surface area contributed by atoms with Crippen LogP contribution in [0, 0.1) is 27.7 Å². The molecule has 0 heterocycles. The summed E-state index contributed by atoms with van der Waals surface area (Å²) in [5.41, 5.74) is 14.0. The van der Waals surface area contributed by atoms with E-state index in [-0.39, 0.29) is 75.8 Å². The fourth-order valence-corrected chi connectivity index (χ4v) is 1.32. The largest absolute Gasteiger partial charge is 4.00 e. The zero-order chi connectivity index (χ0) is 28.8. The Kier molecular flexibility index (Phi) is 60.1. The first-order chi connectivity index (χ1) is 17.1. The van der Waals surface area contributed by atoms with Gasteiger partial charge in [-0.05, 0) is 11.1 Å². The molecule has 0 aliphatic heterocycles. The molecule has 0 amide bonds. The van der Waals surface area contributed by atoms with Crippen molar-refractivity contribution in [2.45, 2.75) is 79.1 Å². The summed E-state index contributed by atoms with van der Waals surface area (Å²) in [6, 6.07) is 11.8. The van der Waals surface area contributed by atoms with Gasteiger partial charge < -0.3 is 64.4 Å². The van der Waals surface area contributed by atoms with E-state index in [1.165, 1.54) is 49.9 Å². The Hall–Kier alpha value is -1.46. The van der Waals surface area contributed by atoms with Crippen molar-refractivity contribution in [1.29, 1.82) is 0 Å². The molecule has 0 bridgehead atoms. The second-order valence-corrected chi connectivity index (χ2v) is 7.08. The van der Waals surface area contributed by atoms with Gasteiger partial charge in [-0.2, -0.15) is 25.7 Å². The van der Waals surface area contributed by atoms with E-state index < -0.39 is 11.9 Å². The number of hydrogen-bond acceptors (Lipinski definition) is 4. The maximum atomic E-state index is 10.2. The van der Waals surface area contributed by atoms with Crippen LogP contribution in [0.5, 0.6) is 0 Å². The van der Waals surface area contributed by atoms with Crippen molar-refractivity contribution >= 4 is 71.1 Å². The van der Waals surface area contributed by atoms with Crippen molar-refractivity contribution < 1.29 is 25.3 Å². The predicted molar refractivity (Wildman–Crippen MR) is 163 cm³/mol. The van der Waals surface area contributed by atoms with Crippen LogP contribution in [-0.4, -0.2) is 59.8 Å². The average molecular weight is 752 g/mol. The molecule has 9 heteroatoms. The van der Waals surface area contributed by atoms with Crippen LogP contribution in [-0.2, 0) is 5.48 Å². The Labute approximate surface area is 272 Å². The molecule has 39 heavy (non-hydrogen) atoms. The molecule has 0 spiro atoms. The van der Waals surface area contributed by atoms with Crippen molar-refractivity contribution in [3.05, 3.63) is 98.8 Å². The number of carbonyl (C=O) groups excluding carboxylic acids is 2. The number of benzene rings is 2. The standard InChI is InChI=1S/2C7H6NO2.4C4H9.O.2Sn/c2*8-6-4-2-1-3-5(6)7(9)10;4*1-3-4-2;;;/h2*1-4,8H,(H,9,10);4*1,3-4H2,2H3;;;/q6*-1;-2;2*+4/p-2. The maximum Gasteiger partial charge on any atom is 4.00 e. The molecule has 0 saturated carbocycles. The zero-order valence-corrected chi connectivity index (χ0v) is 29.9. The van der Waals surface area contributed by atoms with Crippen LogP contribution in [0.15, 0.2) is 48.5 Å². The topological polar surface area (TPSA) is 156 Å². The van der Waals surface area contributed by atoms with Gasteiger partial charge in [0.2, 0.25) is 0 Å². The number of carboxylic acids is 2. The van der Waals surface area contributed by atoms with Crippen molar-refractivity contribution in [2.24, 2.45) is 0 Å². The molecule has 216 valence electrons. The van der Waals surface area contributed by atoms with E-state index >= 15 is 0 Å². The number of unbranched alkanes of at least 4 members (excludes halogenated alkanes) is 4. The summed E-state index contributed by atoms with van der Waals surface area (Å²) >= 11 is 0. The van der Waals surface area contributed by atoms with Gasteiger partial charge in [-0.15, -0.1) is 11.4 Å². The fourth-order valence-electron chi connectivity index (χ4n) is 1.32. The van der Waals surface area contributed by atoms with E-state index in [0.717, 1.165) is 25.7 Å². The molecule has 0 saturated heterocycles. The van der Waals surface area contributed by atoms with E-state index in [4.69, 9.17) is 11.5 Å². The van der Waals surface area contributed by atoms with Gasteiger partial charge in [0.05, 0.1) is 11.9 Å². The summed E-state index contributed by atoms with van der Waals surface area (Å²) < 4.78 is 0. The third-order valence-electron chi connectivity index (χ3n) is 3.71. The molecule has 0 aliphatic rings. The van der Waals surface area contributed by atoms with Crippen LogP contribution in [0.1, 0.15) is 99.8 Å². The molecule has 0 unspecified atom stereocenters. The van der Waals surface area contributed by atoms with Crippen molar-refractivity contribution in [2.75, 3.05) is 0 Å². The summed E-state index contributed by atoms with van der Waals surface area (Å²) in [6.45, 7) is 22.9. The third-order valence-corrected chi connectivity index (χ3v) is 3.71. The molecule has 2 rings (SSSR count). The van der Waals surface area contributed by atoms with Gasteiger partial charge in [-0.3, -0.25) is 0 Å². The minimum absolute atomic E-state index is 0.